The third kappa shape index (κ3) is 2.65. The lowest BCUT2D eigenvalue weighted by Gasteiger charge is -2.02. The zero-order valence-corrected chi connectivity index (χ0v) is 7.37. The van der Waals surface area contributed by atoms with E-state index in [4.69, 9.17) is 5.73 Å². The Balaban J connectivity index is 4.86. The minimum atomic E-state index is -0.523. The summed E-state index contributed by atoms with van der Waals surface area (Å²) in [6, 6.07) is 0. The second-order valence-electron chi connectivity index (χ2n) is 2.11. The number of nitrogens with zero attached hydrogens (tertiary/aromatic N) is 2. The molecule has 0 heterocycles. The Morgan fingerprint density at radius 1 is 1.67 bits per heavy atom. The van der Waals surface area contributed by atoms with Crippen molar-refractivity contribution in [3.05, 3.63) is 11.8 Å². The first kappa shape index (κ1) is 10.6. The Morgan fingerprint density at radius 3 is 2.50 bits per heavy atom. The first-order valence-electron chi connectivity index (χ1n) is 3.59. The Morgan fingerprint density at radius 2 is 2.25 bits per heavy atom. The van der Waals surface area contributed by atoms with Crippen LogP contribution in [0, 0.1) is 0 Å². The summed E-state index contributed by atoms with van der Waals surface area (Å²) in [4.78, 5) is 18.2. The Labute approximate surface area is 71.9 Å². The lowest BCUT2D eigenvalue weighted by atomic mass is 10.1. The highest BCUT2D eigenvalue weighted by atomic mass is 16.1. The SMILES string of the molecule is C=N/C=C(/C(N)=O)C(CC)=NC. The zero-order valence-electron chi connectivity index (χ0n) is 7.37. The van der Waals surface area contributed by atoms with Gasteiger partial charge >= 0.3 is 0 Å². The molecule has 12 heavy (non-hydrogen) atoms. The molecular weight excluding hydrogens is 154 g/mol. The normalized spacial score (nSPS) is 12.8. The predicted molar refractivity (Wildman–Crippen MR) is 50.5 cm³/mol. The topological polar surface area (TPSA) is 67.8 Å². The molecule has 0 aliphatic heterocycles. The highest BCUT2D eigenvalue weighted by Crippen LogP contribution is 2.01. The molecule has 1 amide bonds. The van der Waals surface area contributed by atoms with Crippen LogP contribution in [-0.4, -0.2) is 25.4 Å². The molecule has 0 aromatic carbocycles. The number of rotatable bonds is 4. The van der Waals surface area contributed by atoms with Crippen LogP contribution < -0.4 is 5.73 Å². The highest BCUT2D eigenvalue weighted by molar-refractivity contribution is 6.20. The molecule has 4 nitrogen and oxygen atoms in total. The molecule has 0 fully saturated rings. The molecule has 0 saturated heterocycles. The van der Waals surface area contributed by atoms with E-state index in [0.29, 0.717) is 17.7 Å². The summed E-state index contributed by atoms with van der Waals surface area (Å²) < 4.78 is 0. The van der Waals surface area contributed by atoms with Gasteiger partial charge in [-0.1, -0.05) is 6.92 Å². The van der Waals surface area contributed by atoms with E-state index in [-0.39, 0.29) is 0 Å². The zero-order chi connectivity index (χ0) is 9.56. The van der Waals surface area contributed by atoms with Crippen LogP contribution in [0.1, 0.15) is 13.3 Å². The molecule has 0 aromatic heterocycles. The van der Waals surface area contributed by atoms with E-state index in [0.717, 1.165) is 0 Å². The third-order valence-corrected chi connectivity index (χ3v) is 1.40. The van der Waals surface area contributed by atoms with Gasteiger partial charge in [-0.3, -0.25) is 14.8 Å². The van der Waals surface area contributed by atoms with Gasteiger partial charge in [0, 0.05) is 19.0 Å². The third-order valence-electron chi connectivity index (χ3n) is 1.40. The van der Waals surface area contributed by atoms with E-state index < -0.39 is 5.91 Å². The van der Waals surface area contributed by atoms with Gasteiger partial charge < -0.3 is 5.73 Å². The standard InChI is InChI=1S/C8H13N3O/c1-4-7(11-3)6(5-10-2)8(9)12/h5H,2,4H2,1,3H3,(H2,9,12)/b6-5+,11-7?. The Kier molecular flexibility index (Phi) is 4.60. The molecule has 0 unspecified atom stereocenters. The molecule has 0 rings (SSSR count). The average molecular weight is 167 g/mol. The largest absolute Gasteiger partial charge is 0.365 e. The van der Waals surface area contributed by atoms with E-state index in [2.05, 4.69) is 16.7 Å². The molecule has 0 aliphatic rings. The van der Waals surface area contributed by atoms with Gasteiger partial charge in [-0.25, -0.2) is 0 Å². The van der Waals surface area contributed by atoms with E-state index >= 15 is 0 Å². The summed E-state index contributed by atoms with van der Waals surface area (Å²) in [6.07, 6.45) is 1.98. The van der Waals surface area contributed by atoms with E-state index in [9.17, 15) is 4.79 Å². The second kappa shape index (κ2) is 5.23. The molecule has 0 aromatic rings. The highest BCUT2D eigenvalue weighted by Gasteiger charge is 2.09. The van der Waals surface area contributed by atoms with Gasteiger partial charge in [0.1, 0.15) is 0 Å². The molecule has 0 bridgehead atoms. The number of hydrogen-bond acceptors (Lipinski definition) is 3. The number of amides is 1. The van der Waals surface area contributed by atoms with Gasteiger partial charge in [0.25, 0.3) is 5.91 Å². The van der Waals surface area contributed by atoms with Crippen LogP contribution in [-0.2, 0) is 4.79 Å². The fraction of sp³-hybridized carbons (Fsp3) is 0.375. The first-order valence-corrected chi connectivity index (χ1v) is 3.59. The fourth-order valence-electron chi connectivity index (χ4n) is 0.841. The first-order chi connectivity index (χ1) is 5.67. The van der Waals surface area contributed by atoms with Crippen LogP contribution in [0.2, 0.25) is 0 Å². The van der Waals surface area contributed by atoms with Crippen molar-refractivity contribution in [1.29, 1.82) is 0 Å². The van der Waals surface area contributed by atoms with Gasteiger partial charge in [0.15, 0.2) is 0 Å². The van der Waals surface area contributed by atoms with Gasteiger partial charge in [-0.2, -0.15) is 0 Å². The molecule has 2 N–H and O–H groups in total. The predicted octanol–water partition coefficient (Wildman–Crippen LogP) is 0.537. The number of carbonyl (C=O) groups is 1. The number of aliphatic imine (C=N–C) groups is 2. The number of carbonyl (C=O) groups excluding carboxylic acids is 1. The molecule has 0 atom stereocenters. The van der Waals surface area contributed by atoms with Crippen LogP contribution in [0.15, 0.2) is 21.8 Å². The fourth-order valence-corrected chi connectivity index (χ4v) is 0.841. The van der Waals surface area contributed by atoms with Crippen molar-refractivity contribution in [1.82, 2.24) is 0 Å². The quantitative estimate of drug-likeness (QED) is 0.481. The number of nitrogens with two attached hydrogens (primary N) is 1. The maximum absolute atomic E-state index is 10.8. The molecule has 0 aliphatic carbocycles. The number of hydrogen-bond donors (Lipinski definition) is 1. The molecule has 0 radical (unpaired) electrons. The van der Waals surface area contributed by atoms with Crippen LogP contribution in [0.25, 0.3) is 0 Å². The van der Waals surface area contributed by atoms with E-state index in [1.54, 1.807) is 7.05 Å². The summed E-state index contributed by atoms with van der Waals surface area (Å²) in [7, 11) is 1.61. The van der Waals surface area contributed by atoms with E-state index in [1.165, 1.54) is 6.20 Å². The van der Waals surface area contributed by atoms with E-state index in [1.807, 2.05) is 6.92 Å². The van der Waals surface area contributed by atoms with Crippen molar-refractivity contribution in [3.8, 4) is 0 Å². The minimum Gasteiger partial charge on any atom is -0.365 e. The summed E-state index contributed by atoms with van der Waals surface area (Å²) in [6.45, 7) is 5.14. The minimum absolute atomic E-state index is 0.329. The van der Waals surface area contributed by atoms with Gasteiger partial charge in [0.05, 0.1) is 5.57 Å². The van der Waals surface area contributed by atoms with Gasteiger partial charge in [-0.05, 0) is 13.1 Å². The van der Waals surface area contributed by atoms with Crippen molar-refractivity contribution in [2.45, 2.75) is 13.3 Å². The molecule has 66 valence electrons. The van der Waals surface area contributed by atoms with Crippen molar-refractivity contribution in [2.24, 2.45) is 15.7 Å². The summed E-state index contributed by atoms with van der Waals surface area (Å²) >= 11 is 0. The Bertz CT molecular complexity index is 241. The smallest absolute Gasteiger partial charge is 0.252 e. The average Bonchev–Trinajstić information content (AvgIpc) is 2.05. The molecule has 0 spiro atoms. The summed E-state index contributed by atoms with van der Waals surface area (Å²) in [5, 5.41) is 0. The monoisotopic (exact) mass is 167 g/mol. The lowest BCUT2D eigenvalue weighted by Crippen LogP contribution is -2.20. The van der Waals surface area contributed by atoms with Gasteiger partial charge in [0.2, 0.25) is 0 Å². The maximum atomic E-state index is 10.8. The molecule has 4 heteroatoms. The molecular formula is C8H13N3O. The number of primary amides is 1. The second-order valence-corrected chi connectivity index (χ2v) is 2.11. The van der Waals surface area contributed by atoms with Crippen molar-refractivity contribution < 1.29 is 4.79 Å². The lowest BCUT2D eigenvalue weighted by molar-refractivity contribution is -0.114. The van der Waals surface area contributed by atoms with Crippen LogP contribution in [0.5, 0.6) is 0 Å². The summed E-state index contributed by atoms with van der Waals surface area (Å²) in [5.41, 5.74) is 6.08. The van der Waals surface area contributed by atoms with Crippen LogP contribution >= 0.6 is 0 Å². The maximum Gasteiger partial charge on any atom is 0.252 e. The molecule has 0 saturated carbocycles. The van der Waals surface area contributed by atoms with Crippen molar-refractivity contribution >= 4 is 18.3 Å². The van der Waals surface area contributed by atoms with Crippen LogP contribution in [0.4, 0.5) is 0 Å². The van der Waals surface area contributed by atoms with Gasteiger partial charge in [-0.15, -0.1) is 0 Å². The summed E-state index contributed by atoms with van der Waals surface area (Å²) in [5.74, 6) is -0.523. The van der Waals surface area contributed by atoms with Crippen molar-refractivity contribution in [3.63, 3.8) is 0 Å². The Hall–Kier alpha value is -1.45. The van der Waals surface area contributed by atoms with Crippen molar-refractivity contribution in [2.75, 3.05) is 7.05 Å². The van der Waals surface area contributed by atoms with Crippen LogP contribution in [0.3, 0.4) is 0 Å².